The fourth-order valence-electron chi connectivity index (χ4n) is 1.46. The molecule has 2 nitrogen and oxygen atoms in total. The van der Waals surface area contributed by atoms with Gasteiger partial charge in [-0.3, -0.25) is 4.21 Å². The highest BCUT2D eigenvalue weighted by atomic mass is 32.2. The van der Waals surface area contributed by atoms with Crippen LogP contribution in [-0.4, -0.2) is 16.1 Å². The van der Waals surface area contributed by atoms with Gasteiger partial charge >= 0.3 is 6.18 Å². The van der Waals surface area contributed by atoms with Gasteiger partial charge in [0.25, 0.3) is 0 Å². The summed E-state index contributed by atoms with van der Waals surface area (Å²) in [5.74, 6) is -2.62. The number of hydrogen-bond acceptors (Lipinski definition) is 2. The highest BCUT2D eigenvalue weighted by Gasteiger charge is 2.41. The van der Waals surface area contributed by atoms with Crippen LogP contribution in [-0.2, 0) is 10.8 Å². The van der Waals surface area contributed by atoms with E-state index in [1.54, 1.807) is 24.3 Å². The van der Waals surface area contributed by atoms with E-state index in [4.69, 9.17) is 5.26 Å². The van der Waals surface area contributed by atoms with E-state index >= 15 is 0 Å². The monoisotopic (exact) mass is 289 g/mol. The molecule has 104 valence electrons. The summed E-state index contributed by atoms with van der Waals surface area (Å²) in [6, 6.07) is 7.74. The summed E-state index contributed by atoms with van der Waals surface area (Å²) < 4.78 is 49.0. The van der Waals surface area contributed by atoms with Gasteiger partial charge in [-0.2, -0.15) is 18.4 Å². The van der Waals surface area contributed by atoms with Crippen LogP contribution in [0.3, 0.4) is 0 Å². The molecule has 1 aromatic carbocycles. The maximum absolute atomic E-state index is 12.4. The molecule has 0 radical (unpaired) electrons. The molecule has 2 unspecified atom stereocenters. The molecule has 0 bridgehead atoms. The summed E-state index contributed by atoms with van der Waals surface area (Å²) in [5.41, 5.74) is 1.02. The Bertz CT molecular complexity index is 488. The maximum Gasteiger partial charge on any atom is 0.405 e. The zero-order valence-electron chi connectivity index (χ0n) is 10.6. The zero-order chi connectivity index (χ0) is 14.6. The van der Waals surface area contributed by atoms with Gasteiger partial charge in [0.05, 0.1) is 22.6 Å². The van der Waals surface area contributed by atoms with Crippen LogP contribution in [0, 0.1) is 17.2 Å². The predicted molar refractivity (Wildman–Crippen MR) is 67.0 cm³/mol. The molecule has 0 aliphatic rings. The second kappa shape index (κ2) is 6.20. The third kappa shape index (κ3) is 4.35. The molecule has 2 atom stereocenters. The first-order chi connectivity index (χ1) is 8.75. The summed E-state index contributed by atoms with van der Waals surface area (Å²) in [7, 11) is -1.82. The topological polar surface area (TPSA) is 40.9 Å². The van der Waals surface area contributed by atoms with E-state index in [0.717, 1.165) is 11.6 Å². The van der Waals surface area contributed by atoms with Crippen LogP contribution in [0.5, 0.6) is 0 Å². The van der Waals surface area contributed by atoms with Crippen LogP contribution in [0.2, 0.25) is 0 Å². The van der Waals surface area contributed by atoms with E-state index in [2.05, 4.69) is 0 Å². The average molecular weight is 289 g/mol. The summed E-state index contributed by atoms with van der Waals surface area (Å²) in [6.07, 6.45) is -4.64. The standard InChI is InChI=1S/C13H14F3NOS/c1-9(2)10-3-5-12(6-4-10)19(18)8-11(7-17)13(14,15)16/h3-6,9,11H,8H2,1-2H3. The van der Waals surface area contributed by atoms with Crippen molar-refractivity contribution in [1.82, 2.24) is 0 Å². The number of hydrogen-bond donors (Lipinski definition) is 0. The first-order valence-electron chi connectivity index (χ1n) is 5.70. The molecule has 0 N–H and O–H groups in total. The van der Waals surface area contributed by atoms with Crippen molar-refractivity contribution in [3.05, 3.63) is 29.8 Å². The molecule has 1 rings (SSSR count). The van der Waals surface area contributed by atoms with Crippen LogP contribution in [0.25, 0.3) is 0 Å². The molecule has 0 aliphatic carbocycles. The number of halogens is 3. The summed E-state index contributed by atoms with van der Waals surface area (Å²) >= 11 is 0. The molecule has 1 aromatic rings. The third-order valence-electron chi connectivity index (χ3n) is 2.68. The fourth-order valence-corrected chi connectivity index (χ4v) is 2.66. The SMILES string of the molecule is CC(C)c1ccc(S(=O)CC(C#N)C(F)(F)F)cc1. The molecule has 0 spiro atoms. The first-order valence-corrected chi connectivity index (χ1v) is 7.02. The van der Waals surface area contributed by atoms with E-state index in [1.165, 1.54) is 0 Å². The Labute approximate surface area is 112 Å². The summed E-state index contributed by atoms with van der Waals surface area (Å²) in [4.78, 5) is 0.314. The van der Waals surface area contributed by atoms with E-state index < -0.39 is 28.6 Å². The van der Waals surface area contributed by atoms with Crippen LogP contribution in [0.1, 0.15) is 25.3 Å². The van der Waals surface area contributed by atoms with E-state index in [0.29, 0.717) is 10.8 Å². The molecule has 0 aromatic heterocycles. The van der Waals surface area contributed by atoms with Gasteiger partial charge in [-0.1, -0.05) is 26.0 Å². The Kier molecular flexibility index (Phi) is 5.12. The molecule has 0 saturated heterocycles. The van der Waals surface area contributed by atoms with E-state index in [9.17, 15) is 17.4 Å². The highest BCUT2D eigenvalue weighted by molar-refractivity contribution is 7.85. The van der Waals surface area contributed by atoms with Crippen LogP contribution in [0.4, 0.5) is 13.2 Å². The first kappa shape index (κ1) is 15.7. The smallest absolute Gasteiger partial charge is 0.254 e. The van der Waals surface area contributed by atoms with Crippen molar-refractivity contribution in [2.45, 2.75) is 30.8 Å². The normalized spacial score (nSPS) is 15.0. The molecule has 0 saturated carbocycles. The van der Waals surface area contributed by atoms with Gasteiger partial charge in [0.15, 0.2) is 5.92 Å². The lowest BCUT2D eigenvalue weighted by molar-refractivity contribution is -0.153. The van der Waals surface area contributed by atoms with Crippen molar-refractivity contribution in [3.63, 3.8) is 0 Å². The van der Waals surface area contributed by atoms with Gasteiger partial charge in [-0.25, -0.2) is 0 Å². The van der Waals surface area contributed by atoms with Crippen LogP contribution in [0.15, 0.2) is 29.2 Å². The van der Waals surface area contributed by atoms with E-state index in [-0.39, 0.29) is 0 Å². The minimum atomic E-state index is -4.64. The van der Waals surface area contributed by atoms with Crippen LogP contribution < -0.4 is 0 Å². The minimum absolute atomic E-state index is 0.296. The van der Waals surface area contributed by atoms with Crippen molar-refractivity contribution in [2.75, 3.05) is 5.75 Å². The molecule has 0 fully saturated rings. The second-order valence-corrected chi connectivity index (χ2v) is 5.96. The maximum atomic E-state index is 12.4. The summed E-state index contributed by atoms with van der Waals surface area (Å²) in [6.45, 7) is 3.97. The van der Waals surface area contributed by atoms with Gasteiger partial charge in [0.1, 0.15) is 0 Å². The number of nitriles is 1. The Hall–Kier alpha value is -1.35. The molecule has 6 heteroatoms. The molecule has 19 heavy (non-hydrogen) atoms. The zero-order valence-corrected chi connectivity index (χ0v) is 11.4. The number of nitrogens with zero attached hydrogens (tertiary/aromatic N) is 1. The van der Waals surface area contributed by atoms with Gasteiger partial charge in [-0.15, -0.1) is 0 Å². The van der Waals surface area contributed by atoms with Gasteiger partial charge in [0.2, 0.25) is 0 Å². The number of rotatable bonds is 4. The lowest BCUT2D eigenvalue weighted by atomic mass is 10.0. The second-order valence-electron chi connectivity index (χ2n) is 4.46. The number of benzene rings is 1. The Morgan fingerprint density at radius 1 is 1.26 bits per heavy atom. The Morgan fingerprint density at radius 3 is 2.16 bits per heavy atom. The van der Waals surface area contributed by atoms with Crippen LogP contribution >= 0.6 is 0 Å². The Morgan fingerprint density at radius 2 is 1.79 bits per heavy atom. The van der Waals surface area contributed by atoms with Gasteiger partial charge in [-0.05, 0) is 23.6 Å². The third-order valence-corrected chi connectivity index (χ3v) is 4.11. The van der Waals surface area contributed by atoms with Gasteiger partial charge < -0.3 is 0 Å². The Balaban J connectivity index is 2.81. The lowest BCUT2D eigenvalue weighted by Gasteiger charge is -2.13. The lowest BCUT2D eigenvalue weighted by Crippen LogP contribution is -2.26. The largest absolute Gasteiger partial charge is 0.405 e. The molecule has 0 aliphatic heterocycles. The van der Waals surface area contributed by atoms with E-state index in [1.807, 2.05) is 13.8 Å². The van der Waals surface area contributed by atoms with Gasteiger partial charge in [0, 0.05) is 4.90 Å². The molecular weight excluding hydrogens is 275 g/mol. The molecule has 0 heterocycles. The molecular formula is C13H14F3NOS. The fraction of sp³-hybridized carbons (Fsp3) is 0.462. The van der Waals surface area contributed by atoms with Crippen molar-refractivity contribution >= 4 is 10.8 Å². The average Bonchev–Trinajstić information content (AvgIpc) is 2.34. The predicted octanol–water partition coefficient (Wildman–Crippen LogP) is 3.62. The van der Waals surface area contributed by atoms with Crippen molar-refractivity contribution in [3.8, 4) is 6.07 Å². The quantitative estimate of drug-likeness (QED) is 0.849. The van der Waals surface area contributed by atoms with Crippen molar-refractivity contribution in [1.29, 1.82) is 5.26 Å². The molecule has 0 amide bonds. The van der Waals surface area contributed by atoms with Crippen molar-refractivity contribution < 1.29 is 17.4 Å². The minimum Gasteiger partial charge on any atom is -0.254 e. The van der Waals surface area contributed by atoms with Crippen molar-refractivity contribution in [2.24, 2.45) is 5.92 Å². The highest BCUT2D eigenvalue weighted by Crippen LogP contribution is 2.27. The summed E-state index contributed by atoms with van der Waals surface area (Å²) in [5, 5.41) is 8.47. The number of alkyl halides is 3.